The van der Waals surface area contributed by atoms with Gasteiger partial charge in [0.05, 0.1) is 37.6 Å². The number of para-hydroxylation sites is 1. The summed E-state index contributed by atoms with van der Waals surface area (Å²) in [4.78, 5) is 0. The standard InChI is InChI=1S/C20H22N4O3/c25-17-9-5-4-8-15(17)10-21-20-18(26)13-27-19(20)12-24-11-16(22-23-24)14-6-2-1-3-7-14/h1-9,11,18-21,25-26H,10,12-13H2/t18-,19+,20+/m0/s1. The van der Waals surface area contributed by atoms with Gasteiger partial charge in [0.15, 0.2) is 0 Å². The Kier molecular flexibility index (Phi) is 5.15. The van der Waals surface area contributed by atoms with Crippen molar-refractivity contribution in [1.82, 2.24) is 20.3 Å². The summed E-state index contributed by atoms with van der Waals surface area (Å²) in [5, 5.41) is 31.9. The van der Waals surface area contributed by atoms with Crippen molar-refractivity contribution in [2.45, 2.75) is 31.3 Å². The maximum Gasteiger partial charge on any atom is 0.120 e. The molecule has 27 heavy (non-hydrogen) atoms. The lowest BCUT2D eigenvalue weighted by molar-refractivity contribution is 0.0741. The number of nitrogens with one attached hydrogen (secondary N) is 1. The second kappa shape index (κ2) is 7.87. The number of hydrogen-bond acceptors (Lipinski definition) is 6. The second-order valence-electron chi connectivity index (χ2n) is 6.67. The van der Waals surface area contributed by atoms with Crippen molar-refractivity contribution in [3.8, 4) is 17.0 Å². The van der Waals surface area contributed by atoms with E-state index >= 15 is 0 Å². The van der Waals surface area contributed by atoms with E-state index in [4.69, 9.17) is 4.74 Å². The Balaban J connectivity index is 1.42. The monoisotopic (exact) mass is 366 g/mol. The molecule has 0 saturated carbocycles. The van der Waals surface area contributed by atoms with Gasteiger partial charge in [0.1, 0.15) is 11.4 Å². The molecular formula is C20H22N4O3. The van der Waals surface area contributed by atoms with Gasteiger partial charge in [-0.15, -0.1) is 5.10 Å². The van der Waals surface area contributed by atoms with Crippen molar-refractivity contribution < 1.29 is 14.9 Å². The molecule has 4 rings (SSSR count). The summed E-state index contributed by atoms with van der Waals surface area (Å²) in [6.07, 6.45) is 1.03. The van der Waals surface area contributed by atoms with Crippen molar-refractivity contribution in [3.63, 3.8) is 0 Å². The molecule has 1 aliphatic rings. The summed E-state index contributed by atoms with van der Waals surface area (Å²) < 4.78 is 7.49. The van der Waals surface area contributed by atoms with Crippen molar-refractivity contribution in [1.29, 1.82) is 0 Å². The third kappa shape index (κ3) is 4.00. The van der Waals surface area contributed by atoms with E-state index in [1.54, 1.807) is 16.8 Å². The lowest BCUT2D eigenvalue weighted by atomic mass is 10.1. The largest absolute Gasteiger partial charge is 0.508 e. The van der Waals surface area contributed by atoms with Crippen molar-refractivity contribution in [3.05, 3.63) is 66.4 Å². The number of phenolic OH excluding ortho intramolecular Hbond substituents is 1. The lowest BCUT2D eigenvalue weighted by Crippen LogP contribution is -2.45. The third-order valence-electron chi connectivity index (χ3n) is 4.79. The molecule has 7 heteroatoms. The molecule has 0 aliphatic carbocycles. The zero-order chi connectivity index (χ0) is 18.6. The van der Waals surface area contributed by atoms with Crippen molar-refractivity contribution >= 4 is 0 Å². The van der Waals surface area contributed by atoms with E-state index < -0.39 is 6.10 Å². The fraction of sp³-hybridized carbons (Fsp3) is 0.300. The predicted octanol–water partition coefficient (Wildman–Crippen LogP) is 1.57. The molecule has 7 nitrogen and oxygen atoms in total. The van der Waals surface area contributed by atoms with Gasteiger partial charge in [0.25, 0.3) is 0 Å². The Morgan fingerprint density at radius 2 is 1.89 bits per heavy atom. The number of hydrogen-bond donors (Lipinski definition) is 3. The van der Waals surface area contributed by atoms with Crippen molar-refractivity contribution in [2.75, 3.05) is 6.61 Å². The zero-order valence-corrected chi connectivity index (χ0v) is 14.8. The van der Waals surface area contributed by atoms with Gasteiger partial charge in [-0.3, -0.25) is 0 Å². The fourth-order valence-corrected chi connectivity index (χ4v) is 3.31. The van der Waals surface area contributed by atoms with E-state index in [0.717, 1.165) is 16.8 Å². The van der Waals surface area contributed by atoms with Crippen molar-refractivity contribution in [2.24, 2.45) is 0 Å². The third-order valence-corrected chi connectivity index (χ3v) is 4.79. The zero-order valence-electron chi connectivity index (χ0n) is 14.8. The van der Waals surface area contributed by atoms with Gasteiger partial charge in [-0.2, -0.15) is 0 Å². The second-order valence-corrected chi connectivity index (χ2v) is 6.67. The molecule has 1 aromatic heterocycles. The van der Waals surface area contributed by atoms with Crippen LogP contribution in [0.25, 0.3) is 11.3 Å². The van der Waals surface area contributed by atoms with Crippen LogP contribution in [0, 0.1) is 0 Å². The molecule has 0 bridgehead atoms. The number of rotatable bonds is 6. The van der Waals surface area contributed by atoms with E-state index in [2.05, 4.69) is 15.6 Å². The summed E-state index contributed by atoms with van der Waals surface area (Å²) in [7, 11) is 0. The summed E-state index contributed by atoms with van der Waals surface area (Å²) in [6, 6.07) is 16.8. The highest BCUT2D eigenvalue weighted by atomic mass is 16.5. The van der Waals surface area contributed by atoms with E-state index in [1.807, 2.05) is 48.7 Å². The molecule has 3 atom stereocenters. The maximum atomic E-state index is 10.3. The number of ether oxygens (including phenoxy) is 1. The minimum absolute atomic E-state index is 0.235. The molecule has 1 fully saturated rings. The summed E-state index contributed by atoms with van der Waals surface area (Å²) >= 11 is 0. The quantitative estimate of drug-likeness (QED) is 0.613. The molecule has 0 amide bonds. The minimum Gasteiger partial charge on any atom is -0.508 e. The molecule has 2 aromatic carbocycles. The molecule has 3 aromatic rings. The fourth-order valence-electron chi connectivity index (χ4n) is 3.31. The normalized spacial score (nSPS) is 22.2. The molecular weight excluding hydrogens is 344 g/mol. The molecule has 3 N–H and O–H groups in total. The SMILES string of the molecule is Oc1ccccc1CN[C@@H]1[C@@H](O)CO[C@@H]1Cn1cc(-c2ccccc2)nn1. The summed E-state index contributed by atoms with van der Waals surface area (Å²) in [5.41, 5.74) is 2.58. The van der Waals surface area contributed by atoms with Crippen LogP contribution in [-0.4, -0.2) is 50.1 Å². The van der Waals surface area contributed by atoms with E-state index in [0.29, 0.717) is 13.1 Å². The predicted molar refractivity (Wildman–Crippen MR) is 99.9 cm³/mol. The molecule has 2 heterocycles. The number of aliphatic hydroxyl groups excluding tert-OH is 1. The van der Waals surface area contributed by atoms with Crippen LogP contribution >= 0.6 is 0 Å². The number of phenols is 1. The van der Waals surface area contributed by atoms with Crippen LogP contribution in [0.5, 0.6) is 5.75 Å². The van der Waals surface area contributed by atoms with Gasteiger partial charge in [0.2, 0.25) is 0 Å². The molecule has 140 valence electrons. The van der Waals surface area contributed by atoms with Crippen LogP contribution in [-0.2, 0) is 17.8 Å². The number of aromatic hydroxyl groups is 1. The first kappa shape index (κ1) is 17.7. The van der Waals surface area contributed by atoms with Gasteiger partial charge < -0.3 is 20.3 Å². The molecule has 0 unspecified atom stereocenters. The maximum absolute atomic E-state index is 10.3. The first-order valence-electron chi connectivity index (χ1n) is 8.96. The number of benzene rings is 2. The highest BCUT2D eigenvalue weighted by Crippen LogP contribution is 2.21. The average molecular weight is 366 g/mol. The Labute approximate surface area is 157 Å². The number of aromatic nitrogens is 3. The molecule has 1 saturated heterocycles. The molecule has 1 aliphatic heterocycles. The Hall–Kier alpha value is -2.74. The van der Waals surface area contributed by atoms with Crippen LogP contribution in [0.1, 0.15) is 5.56 Å². The van der Waals surface area contributed by atoms with E-state index in [1.165, 1.54) is 0 Å². The minimum atomic E-state index is -0.613. The van der Waals surface area contributed by atoms with Gasteiger partial charge in [-0.05, 0) is 6.07 Å². The smallest absolute Gasteiger partial charge is 0.120 e. The van der Waals surface area contributed by atoms with Gasteiger partial charge in [-0.25, -0.2) is 4.68 Å². The van der Waals surface area contributed by atoms with Crippen LogP contribution in [0.4, 0.5) is 0 Å². The first-order chi connectivity index (χ1) is 13.2. The summed E-state index contributed by atoms with van der Waals surface area (Å²) in [5.74, 6) is 0.235. The van der Waals surface area contributed by atoms with Gasteiger partial charge in [-0.1, -0.05) is 53.7 Å². The van der Waals surface area contributed by atoms with E-state index in [-0.39, 0.29) is 24.5 Å². The Morgan fingerprint density at radius 3 is 2.70 bits per heavy atom. The van der Waals surface area contributed by atoms with Crippen LogP contribution in [0.3, 0.4) is 0 Å². The first-order valence-corrected chi connectivity index (χ1v) is 8.96. The molecule has 0 radical (unpaired) electrons. The highest BCUT2D eigenvalue weighted by Gasteiger charge is 2.36. The van der Waals surface area contributed by atoms with Crippen LogP contribution in [0.15, 0.2) is 60.8 Å². The topological polar surface area (TPSA) is 92.4 Å². The number of nitrogens with zero attached hydrogens (tertiary/aromatic N) is 3. The Morgan fingerprint density at radius 1 is 1.11 bits per heavy atom. The van der Waals surface area contributed by atoms with Gasteiger partial charge in [0, 0.05) is 17.7 Å². The highest BCUT2D eigenvalue weighted by molar-refractivity contribution is 5.57. The average Bonchev–Trinajstić information content (AvgIpc) is 3.30. The van der Waals surface area contributed by atoms with Crippen LogP contribution in [0.2, 0.25) is 0 Å². The summed E-state index contributed by atoms with van der Waals surface area (Å²) in [6.45, 7) is 1.19. The Bertz CT molecular complexity index is 884. The molecule has 0 spiro atoms. The van der Waals surface area contributed by atoms with E-state index in [9.17, 15) is 10.2 Å². The lowest BCUT2D eigenvalue weighted by Gasteiger charge is -2.22. The number of aliphatic hydroxyl groups is 1. The van der Waals surface area contributed by atoms with Crippen LogP contribution < -0.4 is 5.32 Å². The van der Waals surface area contributed by atoms with Gasteiger partial charge >= 0.3 is 0 Å².